The van der Waals surface area contributed by atoms with Crippen molar-refractivity contribution in [3.05, 3.63) is 57.6 Å². The van der Waals surface area contributed by atoms with Gasteiger partial charge in [0.15, 0.2) is 0 Å². The van der Waals surface area contributed by atoms with Crippen molar-refractivity contribution in [2.24, 2.45) is 0 Å². The fourth-order valence-corrected chi connectivity index (χ4v) is 2.49. The first-order chi connectivity index (χ1) is 8.15. The molecule has 0 saturated carbocycles. The molecule has 0 amide bonds. The average Bonchev–Trinajstić information content (AvgIpc) is 2.30. The van der Waals surface area contributed by atoms with E-state index in [0.29, 0.717) is 0 Å². The third-order valence-corrected chi connectivity index (χ3v) is 3.54. The van der Waals surface area contributed by atoms with Gasteiger partial charge < -0.3 is 4.98 Å². The highest BCUT2D eigenvalue weighted by atomic mass is 32.2. The molecule has 0 saturated heterocycles. The number of hydrogen-bond donors (Lipinski definition) is 1. The van der Waals surface area contributed by atoms with Crippen molar-refractivity contribution in [3.8, 4) is 0 Å². The Labute approximate surface area is 104 Å². The van der Waals surface area contributed by atoms with E-state index in [9.17, 15) is 4.79 Å². The molecule has 2 aromatic rings. The van der Waals surface area contributed by atoms with Crippen LogP contribution in [-0.2, 0) is 5.75 Å². The van der Waals surface area contributed by atoms with Gasteiger partial charge in [0.2, 0.25) is 0 Å². The first-order valence-corrected chi connectivity index (χ1v) is 6.38. The van der Waals surface area contributed by atoms with E-state index < -0.39 is 0 Å². The van der Waals surface area contributed by atoms with Crippen molar-refractivity contribution in [3.63, 3.8) is 0 Å². The van der Waals surface area contributed by atoms with E-state index in [1.807, 2.05) is 6.07 Å². The van der Waals surface area contributed by atoms with Crippen LogP contribution in [0, 0.1) is 13.8 Å². The molecule has 0 aliphatic carbocycles. The normalized spacial score (nSPS) is 10.5. The molecule has 1 aromatic heterocycles. The smallest absolute Gasteiger partial charge is 0.300 e. The fourth-order valence-electron chi connectivity index (χ4n) is 1.55. The van der Waals surface area contributed by atoms with Gasteiger partial charge in [-0.15, -0.1) is 11.8 Å². The van der Waals surface area contributed by atoms with Crippen LogP contribution in [0.25, 0.3) is 0 Å². The van der Waals surface area contributed by atoms with Gasteiger partial charge in [0.05, 0.1) is 5.03 Å². The number of aryl methyl sites for hydroxylation is 2. The molecule has 0 atom stereocenters. The molecule has 3 nitrogen and oxygen atoms in total. The van der Waals surface area contributed by atoms with E-state index in [2.05, 4.69) is 42.0 Å². The van der Waals surface area contributed by atoms with Crippen molar-refractivity contribution in [1.29, 1.82) is 0 Å². The molecule has 0 radical (unpaired) electrons. The highest BCUT2D eigenvalue weighted by molar-refractivity contribution is 7.98. The molecular weight excluding hydrogens is 232 g/mol. The van der Waals surface area contributed by atoms with Crippen LogP contribution in [0.1, 0.15) is 16.7 Å². The Bertz CT molecular complexity index is 578. The van der Waals surface area contributed by atoms with Crippen molar-refractivity contribution in [2.45, 2.75) is 24.6 Å². The number of benzene rings is 1. The topological polar surface area (TPSA) is 45.8 Å². The van der Waals surface area contributed by atoms with Crippen LogP contribution in [0.2, 0.25) is 0 Å². The lowest BCUT2D eigenvalue weighted by molar-refractivity contribution is 0.978. The molecule has 0 unspecified atom stereocenters. The summed E-state index contributed by atoms with van der Waals surface area (Å²) in [4.78, 5) is 17.4. The van der Waals surface area contributed by atoms with Crippen LogP contribution in [0.3, 0.4) is 0 Å². The Balaban J connectivity index is 2.12. The van der Waals surface area contributed by atoms with E-state index in [1.165, 1.54) is 22.9 Å². The lowest BCUT2D eigenvalue weighted by atomic mass is 10.1. The predicted molar refractivity (Wildman–Crippen MR) is 70.3 cm³/mol. The van der Waals surface area contributed by atoms with Crippen molar-refractivity contribution in [1.82, 2.24) is 9.97 Å². The Morgan fingerprint density at radius 3 is 2.88 bits per heavy atom. The van der Waals surface area contributed by atoms with Gasteiger partial charge in [-0.1, -0.05) is 23.8 Å². The maximum Gasteiger partial charge on any atom is 0.345 e. The summed E-state index contributed by atoms with van der Waals surface area (Å²) in [5.41, 5.74) is 3.54. The van der Waals surface area contributed by atoms with Crippen LogP contribution < -0.4 is 5.69 Å². The van der Waals surface area contributed by atoms with Crippen LogP contribution in [0.15, 0.2) is 40.3 Å². The zero-order chi connectivity index (χ0) is 12.3. The fraction of sp³-hybridized carbons (Fsp3) is 0.231. The largest absolute Gasteiger partial charge is 0.345 e. The van der Waals surface area contributed by atoms with E-state index in [0.717, 1.165) is 10.8 Å². The average molecular weight is 246 g/mol. The summed E-state index contributed by atoms with van der Waals surface area (Å²) in [5, 5.41) is 0.853. The van der Waals surface area contributed by atoms with Gasteiger partial charge in [-0.05, 0) is 31.0 Å². The molecule has 0 aliphatic heterocycles. The lowest BCUT2D eigenvalue weighted by Crippen LogP contribution is -2.08. The SMILES string of the molecule is Cc1ccc(C)c(CSc2ccnc(=O)[nH]2)c1. The Morgan fingerprint density at radius 2 is 2.12 bits per heavy atom. The van der Waals surface area contributed by atoms with Gasteiger partial charge in [-0.2, -0.15) is 0 Å². The number of thioether (sulfide) groups is 1. The Hall–Kier alpha value is -1.55. The lowest BCUT2D eigenvalue weighted by Gasteiger charge is -2.06. The molecule has 1 N–H and O–H groups in total. The standard InChI is InChI=1S/C13H14N2OS/c1-9-3-4-10(2)11(7-9)8-17-12-5-6-14-13(16)15-12/h3-7H,8H2,1-2H3,(H,14,15,16). The third-order valence-electron chi connectivity index (χ3n) is 2.54. The highest BCUT2D eigenvalue weighted by Gasteiger charge is 2.01. The molecule has 0 fully saturated rings. The number of rotatable bonds is 3. The molecule has 17 heavy (non-hydrogen) atoms. The van der Waals surface area contributed by atoms with E-state index in [4.69, 9.17) is 0 Å². The van der Waals surface area contributed by atoms with Gasteiger partial charge in [0.25, 0.3) is 0 Å². The molecule has 4 heteroatoms. The summed E-state index contributed by atoms with van der Waals surface area (Å²) in [6.45, 7) is 4.19. The minimum Gasteiger partial charge on any atom is -0.300 e. The summed E-state index contributed by atoms with van der Waals surface area (Å²) < 4.78 is 0. The highest BCUT2D eigenvalue weighted by Crippen LogP contribution is 2.22. The maximum atomic E-state index is 11.0. The second kappa shape index (κ2) is 5.19. The molecule has 0 aliphatic rings. The van der Waals surface area contributed by atoms with Crippen molar-refractivity contribution >= 4 is 11.8 Å². The molecule has 0 bridgehead atoms. The summed E-state index contributed by atoms with van der Waals surface area (Å²) in [5.74, 6) is 0.855. The zero-order valence-corrected chi connectivity index (χ0v) is 10.7. The third kappa shape index (κ3) is 3.20. The van der Waals surface area contributed by atoms with Crippen LogP contribution in [0.4, 0.5) is 0 Å². The van der Waals surface area contributed by atoms with Crippen molar-refractivity contribution in [2.75, 3.05) is 0 Å². The van der Waals surface area contributed by atoms with Gasteiger partial charge >= 0.3 is 5.69 Å². The van der Waals surface area contributed by atoms with Gasteiger partial charge in [-0.25, -0.2) is 9.78 Å². The summed E-state index contributed by atoms with van der Waals surface area (Å²) in [6, 6.07) is 8.23. The number of nitrogens with one attached hydrogen (secondary N) is 1. The molecule has 0 spiro atoms. The van der Waals surface area contributed by atoms with Crippen molar-refractivity contribution < 1.29 is 0 Å². The monoisotopic (exact) mass is 246 g/mol. The quantitative estimate of drug-likeness (QED) is 0.669. The second-order valence-electron chi connectivity index (χ2n) is 3.96. The van der Waals surface area contributed by atoms with Gasteiger partial charge in [0.1, 0.15) is 0 Å². The van der Waals surface area contributed by atoms with Gasteiger partial charge in [-0.3, -0.25) is 0 Å². The van der Waals surface area contributed by atoms with Gasteiger partial charge in [0, 0.05) is 11.9 Å². The first kappa shape index (κ1) is 11.9. The summed E-state index contributed by atoms with van der Waals surface area (Å²) >= 11 is 1.61. The zero-order valence-electron chi connectivity index (χ0n) is 9.86. The van der Waals surface area contributed by atoms with Crippen LogP contribution in [-0.4, -0.2) is 9.97 Å². The number of nitrogens with zero attached hydrogens (tertiary/aromatic N) is 1. The minimum atomic E-state index is -0.295. The molecular formula is C13H14N2OS. The Morgan fingerprint density at radius 1 is 1.29 bits per heavy atom. The number of hydrogen-bond acceptors (Lipinski definition) is 3. The van der Waals surface area contributed by atoms with E-state index >= 15 is 0 Å². The maximum absolute atomic E-state index is 11.0. The second-order valence-corrected chi connectivity index (χ2v) is 4.98. The number of aromatic amines is 1. The number of H-pyrrole nitrogens is 1. The number of aromatic nitrogens is 2. The molecule has 88 valence electrons. The molecule has 2 rings (SSSR count). The Kier molecular flexibility index (Phi) is 3.64. The molecule has 1 heterocycles. The van der Waals surface area contributed by atoms with Crippen LogP contribution in [0.5, 0.6) is 0 Å². The predicted octanol–water partition coefficient (Wildman–Crippen LogP) is 2.68. The van der Waals surface area contributed by atoms with Crippen LogP contribution >= 0.6 is 11.8 Å². The van der Waals surface area contributed by atoms with E-state index in [1.54, 1.807) is 11.8 Å². The first-order valence-electron chi connectivity index (χ1n) is 5.39. The minimum absolute atomic E-state index is 0.295. The molecule has 1 aromatic carbocycles. The van der Waals surface area contributed by atoms with E-state index in [-0.39, 0.29) is 5.69 Å². The summed E-state index contributed by atoms with van der Waals surface area (Å²) in [6.07, 6.45) is 1.53. The summed E-state index contributed by atoms with van der Waals surface area (Å²) in [7, 11) is 0.